The summed E-state index contributed by atoms with van der Waals surface area (Å²) in [6.07, 6.45) is 1.57. The quantitative estimate of drug-likeness (QED) is 0.831. The Balaban J connectivity index is 1.58. The highest BCUT2D eigenvalue weighted by Gasteiger charge is 2.25. The predicted molar refractivity (Wildman–Crippen MR) is 88.9 cm³/mol. The molecule has 0 radical (unpaired) electrons. The molecule has 1 saturated heterocycles. The lowest BCUT2D eigenvalue weighted by Crippen LogP contribution is -2.45. The molecule has 25 heavy (non-hydrogen) atoms. The molecule has 0 N–H and O–H groups in total. The molecule has 1 atom stereocenters. The van der Waals surface area contributed by atoms with Gasteiger partial charge in [-0.2, -0.15) is 0 Å². The highest BCUT2D eigenvalue weighted by Crippen LogP contribution is 2.19. The Morgan fingerprint density at radius 2 is 2.00 bits per heavy atom. The predicted octanol–water partition coefficient (Wildman–Crippen LogP) is 2.24. The maximum atomic E-state index is 13.7. The summed E-state index contributed by atoms with van der Waals surface area (Å²) in [4.78, 5) is 14.2. The summed E-state index contributed by atoms with van der Waals surface area (Å²) in [5, 5.41) is 7.81. The zero-order chi connectivity index (χ0) is 17.6. The zero-order valence-corrected chi connectivity index (χ0v) is 14.0. The van der Waals surface area contributed by atoms with Gasteiger partial charge in [-0.05, 0) is 24.5 Å². The van der Waals surface area contributed by atoms with Crippen LogP contribution in [0.4, 0.5) is 4.39 Å². The van der Waals surface area contributed by atoms with E-state index in [9.17, 15) is 9.18 Å². The van der Waals surface area contributed by atoms with Crippen molar-refractivity contribution in [1.82, 2.24) is 15.1 Å². The molecule has 0 aliphatic carbocycles. The molecule has 0 saturated carbocycles. The highest BCUT2D eigenvalue weighted by atomic mass is 19.1. The second-order valence-corrected chi connectivity index (χ2v) is 5.90. The van der Waals surface area contributed by atoms with Crippen LogP contribution in [0.25, 0.3) is 0 Å². The van der Waals surface area contributed by atoms with Crippen molar-refractivity contribution in [3.63, 3.8) is 0 Å². The molecule has 7 heteroatoms. The molecule has 1 unspecified atom stereocenters. The fourth-order valence-corrected chi connectivity index (χ4v) is 2.83. The van der Waals surface area contributed by atoms with Gasteiger partial charge in [-0.3, -0.25) is 4.79 Å². The topological polar surface area (TPSA) is 64.6 Å². The molecule has 6 nitrogen and oxygen atoms in total. The maximum Gasteiger partial charge on any atom is 0.233 e. The summed E-state index contributed by atoms with van der Waals surface area (Å²) in [6, 6.07) is 9.71. The van der Waals surface area contributed by atoms with E-state index in [2.05, 4.69) is 10.2 Å². The normalized spacial score (nSPS) is 17.2. The number of methoxy groups -OCH3 is 1. The Kier molecular flexibility index (Phi) is 5.42. The van der Waals surface area contributed by atoms with E-state index in [-0.39, 0.29) is 24.2 Å². The molecular weight excluding hydrogens is 325 g/mol. The standard InChI is InChI=1S/C18H20FN3O3/c1-24-16-8-9-17(21-20-16)25-14-6-4-10-22(12-14)18(23)11-13-5-2-3-7-15(13)19/h2-3,5,7-9,14H,4,6,10-12H2,1H3. The van der Waals surface area contributed by atoms with Crippen LogP contribution in [-0.4, -0.2) is 47.3 Å². The smallest absolute Gasteiger partial charge is 0.233 e. The number of aromatic nitrogens is 2. The van der Waals surface area contributed by atoms with E-state index >= 15 is 0 Å². The Morgan fingerprint density at radius 3 is 2.72 bits per heavy atom. The number of hydrogen-bond acceptors (Lipinski definition) is 5. The van der Waals surface area contributed by atoms with Crippen molar-refractivity contribution in [3.05, 3.63) is 47.8 Å². The van der Waals surface area contributed by atoms with Gasteiger partial charge in [0.15, 0.2) is 0 Å². The van der Waals surface area contributed by atoms with Crippen LogP contribution in [0.15, 0.2) is 36.4 Å². The number of carbonyl (C=O) groups is 1. The number of amides is 1. The van der Waals surface area contributed by atoms with Gasteiger partial charge in [-0.25, -0.2) is 4.39 Å². The average Bonchev–Trinajstić information content (AvgIpc) is 2.64. The molecule has 1 amide bonds. The molecule has 1 aliphatic heterocycles. The highest BCUT2D eigenvalue weighted by molar-refractivity contribution is 5.79. The number of nitrogens with zero attached hydrogens (tertiary/aromatic N) is 3. The van der Waals surface area contributed by atoms with Gasteiger partial charge in [-0.1, -0.05) is 18.2 Å². The van der Waals surface area contributed by atoms with Crippen LogP contribution in [-0.2, 0) is 11.2 Å². The Bertz CT molecular complexity index is 724. The molecule has 1 aliphatic rings. The number of benzene rings is 1. The summed E-state index contributed by atoms with van der Waals surface area (Å²) < 4.78 is 24.5. The van der Waals surface area contributed by atoms with Crippen LogP contribution in [0.3, 0.4) is 0 Å². The van der Waals surface area contributed by atoms with Crippen molar-refractivity contribution in [3.8, 4) is 11.8 Å². The number of halogens is 1. The first-order chi connectivity index (χ1) is 12.2. The lowest BCUT2D eigenvalue weighted by Gasteiger charge is -2.32. The minimum atomic E-state index is -0.353. The molecule has 132 valence electrons. The first-order valence-corrected chi connectivity index (χ1v) is 8.21. The minimum absolute atomic E-state index is 0.0573. The summed E-state index contributed by atoms with van der Waals surface area (Å²) in [5.41, 5.74) is 0.413. The van der Waals surface area contributed by atoms with E-state index in [1.54, 1.807) is 35.2 Å². The molecule has 1 aromatic carbocycles. The second kappa shape index (κ2) is 7.92. The summed E-state index contributed by atoms with van der Waals surface area (Å²) in [5.74, 6) is 0.361. The van der Waals surface area contributed by atoms with Crippen molar-refractivity contribution in [2.24, 2.45) is 0 Å². The van der Waals surface area contributed by atoms with Crippen LogP contribution in [0.2, 0.25) is 0 Å². The van der Waals surface area contributed by atoms with Gasteiger partial charge in [0.25, 0.3) is 0 Å². The van der Waals surface area contributed by atoms with Gasteiger partial charge in [0.05, 0.1) is 20.1 Å². The van der Waals surface area contributed by atoms with Gasteiger partial charge in [-0.15, -0.1) is 10.2 Å². The summed E-state index contributed by atoms with van der Waals surface area (Å²) >= 11 is 0. The first-order valence-electron chi connectivity index (χ1n) is 8.21. The molecule has 2 aromatic rings. The van der Waals surface area contributed by atoms with Crippen LogP contribution in [0.5, 0.6) is 11.8 Å². The lowest BCUT2D eigenvalue weighted by atomic mass is 10.1. The largest absolute Gasteiger partial charge is 0.480 e. The van der Waals surface area contributed by atoms with Crippen LogP contribution >= 0.6 is 0 Å². The van der Waals surface area contributed by atoms with E-state index in [0.717, 1.165) is 12.8 Å². The average molecular weight is 345 g/mol. The summed E-state index contributed by atoms with van der Waals surface area (Å²) in [6.45, 7) is 1.11. The van der Waals surface area contributed by atoms with Crippen LogP contribution < -0.4 is 9.47 Å². The van der Waals surface area contributed by atoms with E-state index in [1.807, 2.05) is 0 Å². The number of piperidine rings is 1. The van der Waals surface area contributed by atoms with Crippen molar-refractivity contribution >= 4 is 5.91 Å². The van der Waals surface area contributed by atoms with Crippen molar-refractivity contribution in [2.45, 2.75) is 25.4 Å². The van der Waals surface area contributed by atoms with Gasteiger partial charge < -0.3 is 14.4 Å². The number of likely N-dealkylation sites (tertiary alicyclic amines) is 1. The number of ether oxygens (including phenoxy) is 2. The summed E-state index contributed by atoms with van der Waals surface area (Å²) in [7, 11) is 1.52. The van der Waals surface area contributed by atoms with E-state index < -0.39 is 0 Å². The van der Waals surface area contributed by atoms with E-state index in [0.29, 0.717) is 30.4 Å². The lowest BCUT2D eigenvalue weighted by molar-refractivity contribution is -0.133. The minimum Gasteiger partial charge on any atom is -0.480 e. The Labute approximate surface area is 145 Å². The molecule has 2 heterocycles. The fourth-order valence-electron chi connectivity index (χ4n) is 2.83. The van der Waals surface area contributed by atoms with Crippen molar-refractivity contribution in [2.75, 3.05) is 20.2 Å². The molecule has 0 spiro atoms. The number of hydrogen-bond donors (Lipinski definition) is 0. The third-order valence-corrected chi connectivity index (χ3v) is 4.14. The SMILES string of the molecule is COc1ccc(OC2CCCN(C(=O)Cc3ccccc3F)C2)nn1. The molecular formula is C18H20FN3O3. The Morgan fingerprint density at radius 1 is 1.24 bits per heavy atom. The van der Waals surface area contributed by atoms with Crippen molar-refractivity contribution < 1.29 is 18.7 Å². The third-order valence-electron chi connectivity index (χ3n) is 4.14. The zero-order valence-electron chi connectivity index (χ0n) is 14.0. The number of carbonyl (C=O) groups excluding carboxylic acids is 1. The van der Waals surface area contributed by atoms with Gasteiger partial charge in [0.2, 0.25) is 17.7 Å². The van der Waals surface area contributed by atoms with Gasteiger partial charge >= 0.3 is 0 Å². The van der Waals surface area contributed by atoms with Gasteiger partial charge in [0.1, 0.15) is 11.9 Å². The Hall–Kier alpha value is -2.70. The fraction of sp³-hybridized carbons (Fsp3) is 0.389. The molecule has 1 aromatic heterocycles. The first kappa shape index (κ1) is 17.1. The van der Waals surface area contributed by atoms with Crippen LogP contribution in [0.1, 0.15) is 18.4 Å². The molecule has 1 fully saturated rings. The van der Waals surface area contributed by atoms with Gasteiger partial charge in [0, 0.05) is 18.7 Å². The molecule has 0 bridgehead atoms. The molecule has 3 rings (SSSR count). The number of rotatable bonds is 5. The monoisotopic (exact) mass is 345 g/mol. The van der Waals surface area contributed by atoms with E-state index in [1.165, 1.54) is 13.2 Å². The second-order valence-electron chi connectivity index (χ2n) is 5.90. The third kappa shape index (κ3) is 4.43. The maximum absolute atomic E-state index is 13.7. The van der Waals surface area contributed by atoms with E-state index in [4.69, 9.17) is 9.47 Å². The van der Waals surface area contributed by atoms with Crippen molar-refractivity contribution in [1.29, 1.82) is 0 Å². The van der Waals surface area contributed by atoms with Crippen LogP contribution in [0, 0.1) is 5.82 Å².